The number of sulfone groups is 1. The summed E-state index contributed by atoms with van der Waals surface area (Å²) in [6.07, 6.45) is 1.77. The number of ether oxygens (including phenoxy) is 1. The predicted octanol–water partition coefficient (Wildman–Crippen LogP) is 5.02. The Hall–Kier alpha value is -2.13. The molecule has 0 aliphatic carbocycles. The third kappa shape index (κ3) is 9.69. The molecule has 234 valence electrons. The van der Waals surface area contributed by atoms with Crippen LogP contribution in [0.5, 0.6) is 0 Å². The molecule has 0 spiro atoms. The van der Waals surface area contributed by atoms with Crippen molar-refractivity contribution in [1.29, 1.82) is 0 Å². The Balaban J connectivity index is 1.80. The average molecular weight is 651 g/mol. The summed E-state index contributed by atoms with van der Waals surface area (Å²) in [5.74, 6) is -0.180. The van der Waals surface area contributed by atoms with E-state index in [-0.39, 0.29) is 29.8 Å². The van der Waals surface area contributed by atoms with Crippen molar-refractivity contribution in [3.05, 3.63) is 54.1 Å². The Morgan fingerprint density at radius 2 is 1.67 bits per heavy atom. The van der Waals surface area contributed by atoms with Gasteiger partial charge >= 0.3 is 11.5 Å². The van der Waals surface area contributed by atoms with Crippen molar-refractivity contribution >= 4 is 37.6 Å². The Bertz CT molecular complexity index is 1440. The maximum atomic E-state index is 13.6. The van der Waals surface area contributed by atoms with Gasteiger partial charge in [-0.05, 0) is 102 Å². The van der Waals surface area contributed by atoms with Crippen molar-refractivity contribution in [3.8, 4) is 0 Å². The first-order valence-corrected chi connectivity index (χ1v) is 17.5. The molecule has 0 aromatic heterocycles. The number of likely N-dealkylation sites (tertiary alicyclic amines) is 1. The molecule has 1 atom stereocenters. The van der Waals surface area contributed by atoms with E-state index >= 15 is 0 Å². The van der Waals surface area contributed by atoms with Gasteiger partial charge < -0.3 is 9.64 Å². The highest BCUT2D eigenvalue weighted by Crippen LogP contribution is 2.35. The van der Waals surface area contributed by atoms with Gasteiger partial charge in [-0.1, -0.05) is 24.3 Å². The number of hydrogen-bond acceptors (Lipinski definition) is 8. The van der Waals surface area contributed by atoms with Gasteiger partial charge in [0.05, 0.1) is 15.7 Å². The number of nitrogens with zero attached hydrogens (tertiary/aromatic N) is 1. The number of benzene rings is 2. The molecule has 2 aromatic rings. The van der Waals surface area contributed by atoms with E-state index in [2.05, 4.69) is 4.90 Å². The summed E-state index contributed by atoms with van der Waals surface area (Å²) in [4.78, 5) is 13.8. The number of alkyl halides is 3. The number of piperidine rings is 1. The van der Waals surface area contributed by atoms with Crippen LogP contribution in [-0.2, 0) is 35.8 Å². The molecule has 42 heavy (non-hydrogen) atoms. The van der Waals surface area contributed by atoms with Crippen LogP contribution >= 0.6 is 11.8 Å². The minimum atomic E-state index is -5.85. The summed E-state index contributed by atoms with van der Waals surface area (Å²) < 4.78 is 94.9. The molecule has 3 rings (SSSR count). The Kier molecular flexibility index (Phi) is 11.2. The smallest absolute Gasteiger partial charge is 0.460 e. The van der Waals surface area contributed by atoms with Gasteiger partial charge in [0.1, 0.15) is 5.60 Å². The zero-order valence-corrected chi connectivity index (χ0v) is 26.2. The Morgan fingerprint density at radius 1 is 1.05 bits per heavy atom. The second kappa shape index (κ2) is 13.7. The van der Waals surface area contributed by atoms with E-state index in [0.29, 0.717) is 50.7 Å². The number of carbonyl (C=O) groups excluding carboxylic acids is 1. The normalized spacial score (nSPS) is 16.7. The van der Waals surface area contributed by atoms with Gasteiger partial charge in [0, 0.05) is 10.6 Å². The van der Waals surface area contributed by atoms with Crippen molar-refractivity contribution in [2.75, 3.05) is 25.4 Å². The van der Waals surface area contributed by atoms with Crippen molar-refractivity contribution in [2.24, 2.45) is 17.0 Å². The summed E-state index contributed by atoms with van der Waals surface area (Å²) in [6, 6.07) is 12.0. The van der Waals surface area contributed by atoms with Crippen molar-refractivity contribution in [1.82, 2.24) is 4.90 Å². The number of carbonyl (C=O) groups is 1. The third-order valence-electron chi connectivity index (χ3n) is 6.88. The summed E-state index contributed by atoms with van der Waals surface area (Å²) >= 11 is 1.50. The lowest BCUT2D eigenvalue weighted by molar-refractivity contribution is -0.161. The molecule has 0 unspecified atom stereocenters. The molecule has 1 fully saturated rings. The van der Waals surface area contributed by atoms with E-state index in [1.165, 1.54) is 11.8 Å². The minimum Gasteiger partial charge on any atom is -0.460 e. The number of hydrogen-bond donors (Lipinski definition) is 1. The fourth-order valence-electron chi connectivity index (χ4n) is 4.68. The molecule has 2 N–H and O–H groups in total. The van der Waals surface area contributed by atoms with Gasteiger partial charge in [0.2, 0.25) is 10.0 Å². The van der Waals surface area contributed by atoms with Crippen molar-refractivity contribution in [2.45, 2.75) is 72.3 Å². The zero-order valence-electron chi connectivity index (χ0n) is 23.8. The van der Waals surface area contributed by atoms with E-state index in [9.17, 15) is 34.8 Å². The lowest BCUT2D eigenvalue weighted by Gasteiger charge is -2.33. The molecule has 0 saturated carbocycles. The van der Waals surface area contributed by atoms with Crippen molar-refractivity contribution in [3.63, 3.8) is 0 Å². The van der Waals surface area contributed by atoms with Crippen LogP contribution in [0.25, 0.3) is 0 Å². The molecule has 1 aliphatic heterocycles. The molecule has 2 aromatic carbocycles. The summed E-state index contributed by atoms with van der Waals surface area (Å²) in [5.41, 5.74) is -6.31. The number of esters is 1. The van der Waals surface area contributed by atoms with E-state index in [0.717, 1.165) is 17.0 Å². The van der Waals surface area contributed by atoms with Crippen molar-refractivity contribution < 1.29 is 39.5 Å². The molecular weight excluding hydrogens is 614 g/mol. The fourth-order valence-corrected chi connectivity index (χ4v) is 7.39. The number of rotatable bonds is 11. The number of halogens is 3. The highest BCUT2D eigenvalue weighted by Gasteiger charge is 2.48. The first-order chi connectivity index (χ1) is 19.4. The van der Waals surface area contributed by atoms with Crippen LogP contribution in [0.1, 0.15) is 45.6 Å². The Labute approximate surface area is 250 Å². The van der Waals surface area contributed by atoms with Crippen LogP contribution in [0.15, 0.2) is 63.2 Å². The standard InChI is InChI=1S/C28H37F3N2O6S3/c1-27(2,3)39-26(34)21-12-15-33(16-13-21)14-11-20(19-40-23-7-5-4-6-8-23)17-22-9-10-24(42(32,37)38)18-25(22)41(35,36)28(29,30)31/h4-10,18,20-21H,11-17,19H2,1-3H3,(H2,32,37,38)/t20-/m0/s1. The summed E-state index contributed by atoms with van der Waals surface area (Å²) in [7, 11) is -10.3. The van der Waals surface area contributed by atoms with Gasteiger partial charge in [0.15, 0.2) is 0 Å². The van der Waals surface area contributed by atoms with Gasteiger partial charge in [0.25, 0.3) is 9.84 Å². The number of thioether (sulfide) groups is 1. The zero-order chi connectivity index (χ0) is 31.3. The fraction of sp³-hybridized carbons (Fsp3) is 0.536. The molecule has 1 aliphatic rings. The minimum absolute atomic E-state index is 0.0241. The molecule has 0 amide bonds. The molecule has 0 bridgehead atoms. The van der Waals surface area contributed by atoms with Crippen LogP contribution in [0.4, 0.5) is 13.2 Å². The molecule has 14 heteroatoms. The molecule has 0 radical (unpaired) electrons. The summed E-state index contributed by atoms with van der Waals surface area (Å²) in [5, 5.41) is 5.09. The van der Waals surface area contributed by atoms with Gasteiger partial charge in [-0.15, -0.1) is 11.8 Å². The van der Waals surface area contributed by atoms with Gasteiger partial charge in [-0.3, -0.25) is 4.79 Å². The Morgan fingerprint density at radius 3 is 2.21 bits per heavy atom. The van der Waals surface area contributed by atoms with Crippen LogP contribution in [0.2, 0.25) is 0 Å². The van der Waals surface area contributed by atoms with E-state index in [1.807, 2.05) is 51.1 Å². The van der Waals surface area contributed by atoms with Gasteiger partial charge in [-0.25, -0.2) is 22.0 Å². The molecule has 1 heterocycles. The number of nitrogens with two attached hydrogens (primary N) is 1. The first-order valence-electron chi connectivity index (χ1n) is 13.5. The second-order valence-electron chi connectivity index (χ2n) is 11.4. The quantitative estimate of drug-likeness (QED) is 0.266. The molecule has 1 saturated heterocycles. The van der Waals surface area contributed by atoms with Crippen LogP contribution in [0.3, 0.4) is 0 Å². The van der Waals surface area contributed by atoms with Crippen LogP contribution in [-0.4, -0.2) is 64.2 Å². The van der Waals surface area contributed by atoms with E-state index in [4.69, 9.17) is 9.88 Å². The summed E-state index contributed by atoms with van der Waals surface area (Å²) in [6.45, 7) is 7.36. The first kappa shape index (κ1) is 34.4. The lowest BCUT2D eigenvalue weighted by Crippen LogP contribution is -2.39. The number of sulfonamides is 1. The van der Waals surface area contributed by atoms with Crippen LogP contribution in [0, 0.1) is 11.8 Å². The monoisotopic (exact) mass is 650 g/mol. The average Bonchev–Trinajstić information content (AvgIpc) is 2.89. The second-order valence-corrected chi connectivity index (χ2v) is 16.0. The molecular formula is C28H37F3N2O6S3. The number of primary sulfonamides is 1. The topological polar surface area (TPSA) is 124 Å². The van der Waals surface area contributed by atoms with E-state index < -0.39 is 40.8 Å². The van der Waals surface area contributed by atoms with Gasteiger partial charge in [-0.2, -0.15) is 13.2 Å². The third-order valence-corrected chi connectivity index (χ3v) is 10.6. The maximum absolute atomic E-state index is 13.6. The van der Waals surface area contributed by atoms with Crippen LogP contribution < -0.4 is 5.14 Å². The SMILES string of the molecule is CC(C)(C)OC(=O)C1CCN(CC[C@H](CSc2ccccc2)Cc2ccc(S(N)(=O)=O)cc2S(=O)(=O)C(F)(F)F)CC1. The largest absolute Gasteiger partial charge is 0.501 e. The maximum Gasteiger partial charge on any atom is 0.501 e. The highest BCUT2D eigenvalue weighted by atomic mass is 32.2. The van der Waals surface area contributed by atoms with E-state index in [1.54, 1.807) is 0 Å². The molecule has 8 nitrogen and oxygen atoms in total. The highest BCUT2D eigenvalue weighted by molar-refractivity contribution is 7.99. The predicted molar refractivity (Wildman–Crippen MR) is 155 cm³/mol. The lowest BCUT2D eigenvalue weighted by atomic mass is 9.94.